The summed E-state index contributed by atoms with van der Waals surface area (Å²) in [6.45, 7) is 6.17. The summed E-state index contributed by atoms with van der Waals surface area (Å²) in [4.78, 5) is 4.42. The van der Waals surface area contributed by atoms with Crippen LogP contribution in [0.15, 0.2) is 53.5 Å². The predicted molar refractivity (Wildman–Crippen MR) is 108 cm³/mol. The Morgan fingerprint density at radius 1 is 1.12 bits per heavy atom. The lowest BCUT2D eigenvalue weighted by Gasteiger charge is -2.10. The zero-order chi connectivity index (χ0) is 18.8. The first-order valence-electron chi connectivity index (χ1n) is 8.96. The molecule has 0 spiro atoms. The van der Waals surface area contributed by atoms with Crippen LogP contribution in [0.25, 0.3) is 0 Å². The molecular weight excluding hydrogens is 326 g/mol. The lowest BCUT2D eigenvalue weighted by Crippen LogP contribution is -2.22. The highest BCUT2D eigenvalue weighted by Crippen LogP contribution is 2.18. The van der Waals surface area contributed by atoms with Crippen molar-refractivity contribution in [1.82, 2.24) is 0 Å². The fraction of sp³-hybridized carbons (Fsp3) is 0.381. The zero-order valence-corrected chi connectivity index (χ0v) is 15.9. The summed E-state index contributed by atoms with van der Waals surface area (Å²) >= 11 is 0. The molecule has 5 nitrogen and oxygen atoms in total. The number of rotatable bonds is 9. The van der Waals surface area contributed by atoms with Gasteiger partial charge in [-0.3, -0.25) is 0 Å². The molecule has 26 heavy (non-hydrogen) atoms. The van der Waals surface area contributed by atoms with Crippen LogP contribution in [0, 0.1) is 0 Å². The van der Waals surface area contributed by atoms with Crippen molar-refractivity contribution in [3.63, 3.8) is 0 Å². The number of nitrogens with one attached hydrogen (secondary N) is 1. The van der Waals surface area contributed by atoms with Crippen molar-refractivity contribution in [2.75, 3.05) is 25.6 Å². The molecule has 0 aliphatic heterocycles. The molecule has 0 saturated carbocycles. The van der Waals surface area contributed by atoms with Crippen LogP contribution in [-0.2, 0) is 11.3 Å². The third kappa shape index (κ3) is 6.76. The third-order valence-corrected chi connectivity index (χ3v) is 3.92. The Balaban J connectivity index is 1.91. The fourth-order valence-electron chi connectivity index (χ4n) is 2.47. The number of guanidine groups is 1. The molecule has 0 unspecified atom stereocenters. The molecule has 3 N–H and O–H groups in total. The molecular formula is C21H29N3O2. The Labute approximate surface area is 156 Å². The SMILES string of the molecule is COCCCOc1cccc(CN=C(N)Nc2cccc(C(C)C)c2)c1. The number of hydrogen-bond donors (Lipinski definition) is 2. The van der Waals surface area contributed by atoms with Crippen LogP contribution in [0.4, 0.5) is 5.69 Å². The summed E-state index contributed by atoms with van der Waals surface area (Å²) in [5.41, 5.74) is 9.29. The van der Waals surface area contributed by atoms with Gasteiger partial charge in [0.25, 0.3) is 0 Å². The van der Waals surface area contributed by atoms with Crippen LogP contribution in [0.1, 0.15) is 37.3 Å². The second-order valence-electron chi connectivity index (χ2n) is 6.45. The Morgan fingerprint density at radius 3 is 2.69 bits per heavy atom. The van der Waals surface area contributed by atoms with Crippen LogP contribution in [0.3, 0.4) is 0 Å². The highest BCUT2D eigenvalue weighted by atomic mass is 16.5. The highest BCUT2D eigenvalue weighted by molar-refractivity contribution is 5.92. The molecule has 2 rings (SSSR count). The predicted octanol–water partition coefficient (Wildman–Crippen LogP) is 4.15. The van der Waals surface area contributed by atoms with Gasteiger partial charge >= 0.3 is 0 Å². The van der Waals surface area contributed by atoms with E-state index in [1.807, 2.05) is 36.4 Å². The summed E-state index contributed by atoms with van der Waals surface area (Å²) in [6, 6.07) is 16.1. The van der Waals surface area contributed by atoms with E-state index in [2.05, 4.69) is 36.3 Å². The van der Waals surface area contributed by atoms with Crippen LogP contribution >= 0.6 is 0 Å². The topological polar surface area (TPSA) is 68.9 Å². The molecule has 0 aliphatic rings. The maximum absolute atomic E-state index is 6.03. The Hall–Kier alpha value is -2.53. The molecule has 2 aromatic rings. The average Bonchev–Trinajstić information content (AvgIpc) is 2.64. The van der Waals surface area contributed by atoms with Gasteiger partial charge in [0, 0.05) is 25.8 Å². The Morgan fingerprint density at radius 2 is 1.92 bits per heavy atom. The van der Waals surface area contributed by atoms with Crippen LogP contribution in [-0.4, -0.2) is 26.3 Å². The first-order chi connectivity index (χ1) is 12.6. The van der Waals surface area contributed by atoms with Crippen LogP contribution in [0.2, 0.25) is 0 Å². The molecule has 0 bridgehead atoms. The maximum atomic E-state index is 6.03. The van der Waals surface area contributed by atoms with Crippen molar-refractivity contribution in [3.8, 4) is 5.75 Å². The second kappa shape index (κ2) is 10.5. The number of methoxy groups -OCH3 is 1. The second-order valence-corrected chi connectivity index (χ2v) is 6.45. The maximum Gasteiger partial charge on any atom is 0.193 e. The quantitative estimate of drug-likeness (QED) is 0.403. The monoisotopic (exact) mass is 355 g/mol. The van der Waals surface area contributed by atoms with Gasteiger partial charge in [0.1, 0.15) is 5.75 Å². The van der Waals surface area contributed by atoms with Crippen molar-refractivity contribution in [1.29, 1.82) is 0 Å². The van der Waals surface area contributed by atoms with Crippen LogP contribution < -0.4 is 15.8 Å². The fourth-order valence-corrected chi connectivity index (χ4v) is 2.47. The highest BCUT2D eigenvalue weighted by Gasteiger charge is 2.02. The van der Waals surface area contributed by atoms with Crippen molar-refractivity contribution in [2.45, 2.75) is 32.7 Å². The number of hydrogen-bond acceptors (Lipinski definition) is 3. The van der Waals surface area contributed by atoms with Crippen LogP contribution in [0.5, 0.6) is 5.75 Å². The van der Waals surface area contributed by atoms with Crippen molar-refractivity contribution in [2.24, 2.45) is 10.7 Å². The van der Waals surface area contributed by atoms with Gasteiger partial charge in [-0.2, -0.15) is 0 Å². The molecule has 5 heteroatoms. The van der Waals surface area contributed by atoms with Gasteiger partial charge in [-0.1, -0.05) is 38.1 Å². The number of benzene rings is 2. The van der Waals surface area contributed by atoms with E-state index in [1.165, 1.54) is 5.56 Å². The molecule has 0 heterocycles. The van der Waals surface area contributed by atoms with Gasteiger partial charge in [0.2, 0.25) is 0 Å². The van der Waals surface area contributed by atoms with Gasteiger partial charge in [-0.05, 0) is 41.3 Å². The van der Waals surface area contributed by atoms with Crippen molar-refractivity contribution >= 4 is 11.6 Å². The van der Waals surface area contributed by atoms with E-state index in [4.69, 9.17) is 15.2 Å². The molecule has 0 radical (unpaired) electrons. The first kappa shape index (κ1) is 19.8. The zero-order valence-electron chi connectivity index (χ0n) is 15.9. The van der Waals surface area contributed by atoms with Gasteiger partial charge < -0.3 is 20.5 Å². The number of ether oxygens (including phenoxy) is 2. The number of aliphatic imine (C=N–C) groups is 1. The minimum absolute atomic E-state index is 0.400. The van der Waals surface area contributed by atoms with E-state index in [0.717, 1.165) is 23.4 Å². The summed E-state index contributed by atoms with van der Waals surface area (Å²) in [5, 5.41) is 3.15. The van der Waals surface area contributed by atoms with E-state index in [9.17, 15) is 0 Å². The van der Waals surface area contributed by atoms with E-state index in [-0.39, 0.29) is 0 Å². The number of anilines is 1. The third-order valence-electron chi connectivity index (χ3n) is 3.92. The summed E-state index contributed by atoms with van der Waals surface area (Å²) < 4.78 is 10.7. The van der Waals surface area contributed by atoms with E-state index in [0.29, 0.717) is 31.6 Å². The van der Waals surface area contributed by atoms with E-state index >= 15 is 0 Å². The first-order valence-corrected chi connectivity index (χ1v) is 8.96. The van der Waals surface area contributed by atoms with Gasteiger partial charge in [-0.25, -0.2) is 4.99 Å². The normalized spacial score (nSPS) is 11.6. The van der Waals surface area contributed by atoms with Crippen molar-refractivity contribution in [3.05, 3.63) is 59.7 Å². The molecule has 2 aromatic carbocycles. The molecule has 0 aliphatic carbocycles. The number of nitrogens with zero attached hydrogens (tertiary/aromatic N) is 1. The van der Waals surface area contributed by atoms with Gasteiger partial charge in [0.05, 0.1) is 13.2 Å². The van der Waals surface area contributed by atoms with Crippen molar-refractivity contribution < 1.29 is 9.47 Å². The Kier molecular flexibility index (Phi) is 7.96. The van der Waals surface area contributed by atoms with Gasteiger partial charge in [0.15, 0.2) is 5.96 Å². The molecule has 0 aromatic heterocycles. The average molecular weight is 355 g/mol. The Bertz CT molecular complexity index is 714. The van der Waals surface area contributed by atoms with E-state index < -0.39 is 0 Å². The van der Waals surface area contributed by atoms with Gasteiger partial charge in [-0.15, -0.1) is 0 Å². The number of nitrogens with two attached hydrogens (primary N) is 1. The largest absolute Gasteiger partial charge is 0.493 e. The van der Waals surface area contributed by atoms with E-state index in [1.54, 1.807) is 7.11 Å². The lowest BCUT2D eigenvalue weighted by atomic mass is 10.0. The smallest absolute Gasteiger partial charge is 0.193 e. The molecule has 0 saturated heterocycles. The molecule has 0 fully saturated rings. The molecule has 0 atom stereocenters. The molecule has 0 amide bonds. The molecule has 140 valence electrons. The summed E-state index contributed by atoms with van der Waals surface area (Å²) in [6.07, 6.45) is 0.866. The summed E-state index contributed by atoms with van der Waals surface area (Å²) in [7, 11) is 1.69. The minimum atomic E-state index is 0.400. The summed E-state index contributed by atoms with van der Waals surface area (Å²) in [5.74, 6) is 1.71. The minimum Gasteiger partial charge on any atom is -0.493 e. The lowest BCUT2D eigenvalue weighted by molar-refractivity contribution is 0.172. The standard InChI is InChI=1S/C21H29N3O2/c1-16(2)18-8-5-9-19(14-18)24-21(22)23-15-17-7-4-10-20(13-17)26-12-6-11-25-3/h4-5,7-10,13-14,16H,6,11-12,15H2,1-3H3,(H3,22,23,24).